The summed E-state index contributed by atoms with van der Waals surface area (Å²) in [6.45, 7) is 4.89. The van der Waals surface area contributed by atoms with E-state index < -0.39 is 0 Å². The molecule has 3 nitrogen and oxygen atoms in total. The van der Waals surface area contributed by atoms with Gasteiger partial charge in [0.15, 0.2) is 0 Å². The number of hydrogen-bond acceptors (Lipinski definition) is 3. The molecule has 0 aliphatic carbocycles. The average Bonchev–Trinajstić information content (AvgIpc) is 2.76. The van der Waals surface area contributed by atoms with Gasteiger partial charge in [0.2, 0.25) is 0 Å². The molecule has 0 amide bonds. The molecule has 0 aliphatic heterocycles. The number of hydrogen-bond donors (Lipinski definition) is 1. The summed E-state index contributed by atoms with van der Waals surface area (Å²) < 4.78 is 3.03. The number of thioether (sulfide) groups is 1. The molecule has 1 unspecified atom stereocenters. The third-order valence-corrected chi connectivity index (χ3v) is 4.60. The Morgan fingerprint density at radius 2 is 2.20 bits per heavy atom. The first kappa shape index (κ1) is 15.6. The molecule has 20 heavy (non-hydrogen) atoms. The minimum absolute atomic E-state index is 0.361. The Labute approximate surface area is 132 Å². The molecule has 1 aromatic heterocycles. The molecule has 108 valence electrons. The van der Waals surface area contributed by atoms with E-state index in [-0.39, 0.29) is 6.10 Å². The smallest absolute Gasteiger partial charge is 0.0689 e. The molecule has 0 radical (unpaired) electrons. The van der Waals surface area contributed by atoms with Crippen molar-refractivity contribution in [2.45, 2.75) is 37.8 Å². The zero-order valence-corrected chi connectivity index (χ0v) is 14.1. The van der Waals surface area contributed by atoms with Crippen LogP contribution in [0.15, 0.2) is 39.7 Å². The van der Waals surface area contributed by atoms with E-state index in [4.69, 9.17) is 0 Å². The van der Waals surface area contributed by atoms with Crippen LogP contribution < -0.4 is 0 Å². The Bertz CT molecular complexity index is 571. The molecule has 1 N–H and O–H groups in total. The van der Waals surface area contributed by atoms with Gasteiger partial charge in [0.25, 0.3) is 0 Å². The fourth-order valence-corrected chi connectivity index (χ4v) is 3.53. The van der Waals surface area contributed by atoms with Crippen molar-refractivity contribution in [1.82, 2.24) is 9.78 Å². The number of benzene rings is 1. The Morgan fingerprint density at radius 1 is 1.40 bits per heavy atom. The second kappa shape index (κ2) is 7.29. The predicted octanol–water partition coefficient (Wildman–Crippen LogP) is 3.67. The van der Waals surface area contributed by atoms with Crippen molar-refractivity contribution in [3.63, 3.8) is 0 Å². The lowest BCUT2D eigenvalue weighted by atomic mass is 10.2. The van der Waals surface area contributed by atoms with Crippen LogP contribution in [0, 0.1) is 6.92 Å². The van der Waals surface area contributed by atoms with Crippen molar-refractivity contribution in [3.8, 4) is 0 Å². The molecule has 5 heteroatoms. The zero-order chi connectivity index (χ0) is 14.5. The van der Waals surface area contributed by atoms with Crippen LogP contribution in [-0.2, 0) is 13.0 Å². The minimum atomic E-state index is -0.361. The van der Waals surface area contributed by atoms with E-state index >= 15 is 0 Å². The van der Waals surface area contributed by atoms with E-state index in [2.05, 4.69) is 46.2 Å². The summed E-state index contributed by atoms with van der Waals surface area (Å²) in [6, 6.07) is 10.2. The molecule has 0 aliphatic rings. The van der Waals surface area contributed by atoms with Crippen molar-refractivity contribution in [2.24, 2.45) is 0 Å². The molecule has 0 fully saturated rings. The van der Waals surface area contributed by atoms with Gasteiger partial charge in [0.1, 0.15) is 0 Å². The Hall–Kier alpha value is -0.780. The molecule has 2 aromatic rings. The summed E-state index contributed by atoms with van der Waals surface area (Å²) in [6.07, 6.45) is 0.288. The molecule has 1 atom stereocenters. The first-order valence-electron chi connectivity index (χ1n) is 6.68. The first-order valence-corrected chi connectivity index (χ1v) is 8.46. The molecule has 0 bridgehead atoms. The molecular weight excluding hydrogens is 336 g/mol. The maximum Gasteiger partial charge on any atom is 0.0689 e. The lowest BCUT2D eigenvalue weighted by Crippen LogP contribution is -2.16. The van der Waals surface area contributed by atoms with Gasteiger partial charge in [-0.05, 0) is 38.1 Å². The highest BCUT2D eigenvalue weighted by Gasteiger charge is 2.11. The largest absolute Gasteiger partial charge is 0.392 e. The SMILES string of the molecule is CCn1nc(C)cc1CC(O)CSc1cccc(Br)c1. The average molecular weight is 355 g/mol. The summed E-state index contributed by atoms with van der Waals surface area (Å²) in [5.41, 5.74) is 2.11. The van der Waals surface area contributed by atoms with Crippen molar-refractivity contribution in [1.29, 1.82) is 0 Å². The second-order valence-electron chi connectivity index (χ2n) is 4.72. The monoisotopic (exact) mass is 354 g/mol. The summed E-state index contributed by atoms with van der Waals surface area (Å²) in [5.74, 6) is 0.685. The highest BCUT2D eigenvalue weighted by atomic mass is 79.9. The highest BCUT2D eigenvalue weighted by molar-refractivity contribution is 9.10. The van der Waals surface area contributed by atoms with E-state index in [0.29, 0.717) is 12.2 Å². The van der Waals surface area contributed by atoms with E-state index in [1.807, 2.05) is 23.7 Å². The molecule has 1 heterocycles. The summed E-state index contributed by atoms with van der Waals surface area (Å²) in [5, 5.41) is 14.6. The summed E-state index contributed by atoms with van der Waals surface area (Å²) in [4.78, 5) is 1.17. The number of aryl methyl sites for hydroxylation is 2. The third-order valence-electron chi connectivity index (χ3n) is 2.97. The van der Waals surface area contributed by atoms with Gasteiger partial charge >= 0.3 is 0 Å². The van der Waals surface area contributed by atoms with Crippen LogP contribution in [0.25, 0.3) is 0 Å². The number of nitrogens with zero attached hydrogens (tertiary/aromatic N) is 2. The van der Waals surface area contributed by atoms with E-state index in [0.717, 1.165) is 22.4 Å². The van der Waals surface area contributed by atoms with Crippen LogP contribution in [0.4, 0.5) is 0 Å². The second-order valence-corrected chi connectivity index (χ2v) is 6.73. The van der Waals surface area contributed by atoms with E-state index in [9.17, 15) is 5.11 Å². The lowest BCUT2D eigenvalue weighted by molar-refractivity contribution is 0.197. The maximum atomic E-state index is 10.2. The lowest BCUT2D eigenvalue weighted by Gasteiger charge is -2.11. The Morgan fingerprint density at radius 3 is 2.90 bits per heavy atom. The normalized spacial score (nSPS) is 12.6. The van der Waals surface area contributed by atoms with Crippen LogP contribution in [0.2, 0.25) is 0 Å². The number of aliphatic hydroxyl groups is 1. The highest BCUT2D eigenvalue weighted by Crippen LogP contribution is 2.23. The van der Waals surface area contributed by atoms with Crippen LogP contribution in [0.3, 0.4) is 0 Å². The molecule has 0 saturated carbocycles. The van der Waals surface area contributed by atoms with Gasteiger partial charge in [-0.25, -0.2) is 0 Å². The van der Waals surface area contributed by atoms with Gasteiger partial charge < -0.3 is 5.11 Å². The van der Waals surface area contributed by atoms with Crippen molar-refractivity contribution < 1.29 is 5.11 Å². The van der Waals surface area contributed by atoms with Crippen LogP contribution in [-0.4, -0.2) is 26.7 Å². The standard InChI is InChI=1S/C15H19BrN2OS/c1-3-18-13(7-11(2)17-18)9-14(19)10-20-15-6-4-5-12(16)8-15/h4-8,14,19H,3,9-10H2,1-2H3. The number of rotatable bonds is 6. The number of aliphatic hydroxyl groups excluding tert-OH is 1. The van der Waals surface area contributed by atoms with E-state index in [1.165, 1.54) is 4.90 Å². The van der Waals surface area contributed by atoms with Gasteiger partial charge in [-0.3, -0.25) is 4.68 Å². The van der Waals surface area contributed by atoms with Crippen molar-refractivity contribution in [2.75, 3.05) is 5.75 Å². The Balaban J connectivity index is 1.90. The van der Waals surface area contributed by atoms with Crippen LogP contribution in [0.5, 0.6) is 0 Å². The molecule has 0 spiro atoms. The van der Waals surface area contributed by atoms with Crippen molar-refractivity contribution in [3.05, 3.63) is 46.2 Å². The van der Waals surface area contributed by atoms with Gasteiger partial charge in [-0.1, -0.05) is 22.0 Å². The zero-order valence-electron chi connectivity index (χ0n) is 11.7. The topological polar surface area (TPSA) is 38.0 Å². The first-order chi connectivity index (χ1) is 9.58. The summed E-state index contributed by atoms with van der Waals surface area (Å²) in [7, 11) is 0. The van der Waals surface area contributed by atoms with Gasteiger partial charge in [-0.15, -0.1) is 11.8 Å². The molecule has 2 rings (SSSR count). The molecule has 1 aromatic carbocycles. The summed E-state index contributed by atoms with van der Waals surface area (Å²) >= 11 is 5.13. The van der Waals surface area contributed by atoms with Crippen molar-refractivity contribution >= 4 is 27.7 Å². The fraction of sp³-hybridized carbons (Fsp3) is 0.400. The van der Waals surface area contributed by atoms with E-state index in [1.54, 1.807) is 11.8 Å². The maximum absolute atomic E-state index is 10.2. The molecular formula is C15H19BrN2OS. The fourth-order valence-electron chi connectivity index (χ4n) is 2.09. The third kappa shape index (κ3) is 4.36. The molecule has 0 saturated heterocycles. The number of halogens is 1. The van der Waals surface area contributed by atoms with Gasteiger partial charge in [0.05, 0.1) is 11.8 Å². The quantitative estimate of drug-likeness (QED) is 0.804. The number of aromatic nitrogens is 2. The van der Waals surface area contributed by atoms with Crippen LogP contribution in [0.1, 0.15) is 18.3 Å². The van der Waals surface area contributed by atoms with Crippen LogP contribution >= 0.6 is 27.7 Å². The van der Waals surface area contributed by atoms with Gasteiger partial charge in [-0.2, -0.15) is 5.10 Å². The Kier molecular flexibility index (Phi) is 5.69. The minimum Gasteiger partial charge on any atom is -0.392 e. The predicted molar refractivity (Wildman–Crippen MR) is 87.2 cm³/mol. The van der Waals surface area contributed by atoms with Gasteiger partial charge in [0, 0.05) is 33.8 Å².